The van der Waals surface area contributed by atoms with Crippen LogP contribution in [0.2, 0.25) is 0 Å². The second kappa shape index (κ2) is 2.13. The molecule has 1 aromatic rings. The number of carboxylic acid groups (broad SMARTS) is 1. The van der Waals surface area contributed by atoms with E-state index in [2.05, 4.69) is 0 Å². The lowest BCUT2D eigenvalue weighted by Gasteiger charge is -1.87. The molecule has 4 heteroatoms. The molecular weight excluding hydrogens is 132 g/mol. The van der Waals surface area contributed by atoms with Gasteiger partial charge in [0, 0.05) is 6.92 Å². The van der Waals surface area contributed by atoms with Gasteiger partial charge in [-0.1, -0.05) is 0 Å². The van der Waals surface area contributed by atoms with Crippen LogP contribution < -0.4 is 4.57 Å². The van der Waals surface area contributed by atoms with Gasteiger partial charge in [0.25, 0.3) is 5.82 Å². The first kappa shape index (κ1) is 6.80. The third kappa shape index (κ3) is 0.877. The SMILES string of the molecule is Cc1n(C)cc[n+]1C(=O)O. The summed E-state index contributed by atoms with van der Waals surface area (Å²) in [5, 5.41) is 8.53. The van der Waals surface area contributed by atoms with Gasteiger partial charge >= 0.3 is 6.09 Å². The number of carbonyl (C=O) groups is 1. The average Bonchev–Trinajstić information content (AvgIpc) is 2.14. The first-order valence-corrected chi connectivity index (χ1v) is 2.90. The maximum atomic E-state index is 10.4. The molecule has 0 aromatic carbocycles. The molecule has 0 saturated carbocycles. The molecule has 1 rings (SSSR count). The number of aryl methyl sites for hydroxylation is 1. The molecule has 0 aliphatic heterocycles. The van der Waals surface area contributed by atoms with Gasteiger partial charge in [0.1, 0.15) is 12.4 Å². The number of nitrogens with zero attached hydrogens (tertiary/aromatic N) is 2. The molecule has 0 bridgehead atoms. The summed E-state index contributed by atoms with van der Waals surface area (Å²) in [6, 6.07) is 0. The predicted molar refractivity (Wildman–Crippen MR) is 33.8 cm³/mol. The van der Waals surface area contributed by atoms with Gasteiger partial charge in [0.15, 0.2) is 0 Å². The van der Waals surface area contributed by atoms with E-state index in [4.69, 9.17) is 5.11 Å². The molecule has 0 unspecified atom stereocenters. The van der Waals surface area contributed by atoms with E-state index in [1.54, 1.807) is 24.7 Å². The molecule has 10 heavy (non-hydrogen) atoms. The Bertz CT molecular complexity index is 265. The van der Waals surface area contributed by atoms with Crippen LogP contribution in [0.3, 0.4) is 0 Å². The maximum absolute atomic E-state index is 10.4. The lowest BCUT2D eigenvalue weighted by Crippen LogP contribution is -2.42. The van der Waals surface area contributed by atoms with Crippen molar-refractivity contribution in [3.63, 3.8) is 0 Å². The number of hydrogen-bond acceptors (Lipinski definition) is 1. The first-order chi connectivity index (χ1) is 4.63. The van der Waals surface area contributed by atoms with Crippen LogP contribution in [0.4, 0.5) is 4.79 Å². The van der Waals surface area contributed by atoms with Crippen molar-refractivity contribution in [1.29, 1.82) is 0 Å². The molecule has 0 saturated heterocycles. The zero-order valence-corrected chi connectivity index (χ0v) is 5.90. The number of rotatable bonds is 0. The second-order valence-corrected chi connectivity index (χ2v) is 2.11. The fourth-order valence-corrected chi connectivity index (χ4v) is 0.755. The summed E-state index contributed by atoms with van der Waals surface area (Å²) >= 11 is 0. The second-order valence-electron chi connectivity index (χ2n) is 2.11. The van der Waals surface area contributed by atoms with Gasteiger partial charge in [-0.25, -0.2) is 4.57 Å². The van der Waals surface area contributed by atoms with Crippen molar-refractivity contribution >= 4 is 6.09 Å². The van der Waals surface area contributed by atoms with Gasteiger partial charge in [-0.2, -0.15) is 4.79 Å². The van der Waals surface area contributed by atoms with Crippen molar-refractivity contribution in [1.82, 2.24) is 4.57 Å². The summed E-state index contributed by atoms with van der Waals surface area (Å²) in [6.45, 7) is 1.74. The van der Waals surface area contributed by atoms with E-state index in [1.807, 2.05) is 0 Å². The van der Waals surface area contributed by atoms with Gasteiger partial charge < -0.3 is 5.11 Å². The minimum atomic E-state index is -0.946. The molecule has 1 aromatic heterocycles. The highest BCUT2D eigenvalue weighted by molar-refractivity contribution is 5.53. The van der Waals surface area contributed by atoms with E-state index in [9.17, 15) is 4.79 Å². The van der Waals surface area contributed by atoms with Crippen molar-refractivity contribution in [3.8, 4) is 0 Å². The molecule has 0 fully saturated rings. The third-order valence-electron chi connectivity index (χ3n) is 1.50. The Morgan fingerprint density at radius 1 is 1.80 bits per heavy atom. The Labute approximate surface area is 58.3 Å². The Morgan fingerprint density at radius 3 is 2.60 bits per heavy atom. The Hall–Kier alpha value is -1.32. The Kier molecular flexibility index (Phi) is 1.45. The zero-order valence-electron chi connectivity index (χ0n) is 5.90. The van der Waals surface area contributed by atoms with Crippen LogP contribution in [0.1, 0.15) is 5.82 Å². The van der Waals surface area contributed by atoms with E-state index >= 15 is 0 Å². The van der Waals surface area contributed by atoms with Crippen LogP contribution in [0.25, 0.3) is 0 Å². The molecule has 0 amide bonds. The third-order valence-corrected chi connectivity index (χ3v) is 1.50. The average molecular weight is 141 g/mol. The van der Waals surface area contributed by atoms with Crippen molar-refractivity contribution in [3.05, 3.63) is 18.2 Å². The number of aromatic nitrogens is 2. The van der Waals surface area contributed by atoms with Gasteiger partial charge in [-0.15, -0.1) is 4.57 Å². The van der Waals surface area contributed by atoms with Gasteiger partial charge in [0.2, 0.25) is 0 Å². The molecule has 0 spiro atoms. The minimum Gasteiger partial charge on any atom is -0.446 e. The maximum Gasteiger partial charge on any atom is 0.509 e. The van der Waals surface area contributed by atoms with E-state index in [-0.39, 0.29) is 0 Å². The molecular formula is C6H9N2O2+. The Balaban J connectivity index is 3.17. The molecule has 1 N–H and O–H groups in total. The van der Waals surface area contributed by atoms with Crippen molar-refractivity contribution in [2.45, 2.75) is 6.92 Å². The monoisotopic (exact) mass is 141 g/mol. The quantitative estimate of drug-likeness (QED) is 0.522. The fraction of sp³-hybridized carbons (Fsp3) is 0.333. The van der Waals surface area contributed by atoms with E-state index in [0.717, 1.165) is 0 Å². The Morgan fingerprint density at radius 2 is 2.40 bits per heavy atom. The van der Waals surface area contributed by atoms with Crippen LogP contribution in [0.5, 0.6) is 0 Å². The summed E-state index contributed by atoms with van der Waals surface area (Å²) in [5.74, 6) is 0.701. The summed E-state index contributed by atoms with van der Waals surface area (Å²) in [6.07, 6.45) is 2.26. The number of imidazole rings is 1. The molecule has 0 radical (unpaired) electrons. The topological polar surface area (TPSA) is 46.1 Å². The molecule has 54 valence electrons. The van der Waals surface area contributed by atoms with Crippen molar-refractivity contribution < 1.29 is 14.5 Å². The van der Waals surface area contributed by atoms with Crippen molar-refractivity contribution in [2.75, 3.05) is 0 Å². The highest BCUT2D eigenvalue weighted by Gasteiger charge is 2.14. The molecule has 0 aliphatic rings. The van der Waals surface area contributed by atoms with Gasteiger partial charge in [-0.05, 0) is 0 Å². The van der Waals surface area contributed by atoms with Crippen LogP contribution in [0, 0.1) is 6.92 Å². The highest BCUT2D eigenvalue weighted by atomic mass is 16.4. The summed E-state index contributed by atoms with van der Waals surface area (Å²) in [5.41, 5.74) is 0. The van der Waals surface area contributed by atoms with Crippen LogP contribution >= 0.6 is 0 Å². The minimum absolute atomic E-state index is 0.701. The summed E-state index contributed by atoms with van der Waals surface area (Å²) in [4.78, 5) is 10.4. The highest BCUT2D eigenvalue weighted by Crippen LogP contribution is 1.86. The summed E-state index contributed by atoms with van der Waals surface area (Å²) < 4.78 is 2.91. The van der Waals surface area contributed by atoms with Crippen LogP contribution in [0.15, 0.2) is 12.4 Å². The van der Waals surface area contributed by atoms with E-state index in [0.29, 0.717) is 5.82 Å². The van der Waals surface area contributed by atoms with Crippen molar-refractivity contribution in [2.24, 2.45) is 7.05 Å². The van der Waals surface area contributed by atoms with Gasteiger partial charge in [0.05, 0.1) is 7.05 Å². The zero-order chi connectivity index (χ0) is 7.72. The molecule has 0 atom stereocenters. The smallest absolute Gasteiger partial charge is 0.446 e. The van der Waals surface area contributed by atoms with Gasteiger partial charge in [-0.3, -0.25) is 0 Å². The molecule has 0 aliphatic carbocycles. The normalized spacial score (nSPS) is 9.80. The first-order valence-electron chi connectivity index (χ1n) is 2.90. The fourth-order valence-electron chi connectivity index (χ4n) is 0.755. The van der Waals surface area contributed by atoms with E-state index < -0.39 is 6.09 Å². The lowest BCUT2D eigenvalue weighted by molar-refractivity contribution is -0.590. The molecule has 4 nitrogen and oxygen atoms in total. The van der Waals surface area contributed by atoms with E-state index in [1.165, 1.54) is 10.8 Å². The predicted octanol–water partition coefficient (Wildman–Crippen LogP) is 0.147. The largest absolute Gasteiger partial charge is 0.509 e. The standard InChI is InChI=1S/C6H8N2O2/c1-5-7(2)3-4-8(5)6(9)10/h3-4H,1-2H3/p+1. The summed E-state index contributed by atoms with van der Waals surface area (Å²) in [7, 11) is 1.80. The number of hydrogen-bond donors (Lipinski definition) is 1. The van der Waals surface area contributed by atoms with Crippen LogP contribution in [-0.4, -0.2) is 15.8 Å². The molecule has 1 heterocycles. The van der Waals surface area contributed by atoms with Crippen LogP contribution in [-0.2, 0) is 7.05 Å². The lowest BCUT2D eigenvalue weighted by atomic mass is 10.7.